The van der Waals surface area contributed by atoms with E-state index in [2.05, 4.69) is 22.8 Å². The molecule has 0 aliphatic heterocycles. The van der Waals surface area contributed by atoms with E-state index < -0.39 is 11.6 Å². The first-order valence-corrected chi connectivity index (χ1v) is 5.77. The molecule has 0 radical (unpaired) electrons. The van der Waals surface area contributed by atoms with Gasteiger partial charge in [0.25, 0.3) is 0 Å². The summed E-state index contributed by atoms with van der Waals surface area (Å²) in [7, 11) is 0. The Labute approximate surface area is 108 Å². The number of aliphatic hydroxyl groups excluding tert-OH is 1. The number of rotatable bonds is 4. The van der Waals surface area contributed by atoms with Gasteiger partial charge in [0.05, 0.1) is 5.69 Å². The lowest BCUT2D eigenvalue weighted by Gasteiger charge is -2.08. The minimum absolute atomic E-state index is 0.000659. The van der Waals surface area contributed by atoms with Crippen molar-refractivity contribution in [2.45, 2.75) is 18.0 Å². The molecule has 96 valence electrons. The fourth-order valence-corrected chi connectivity index (χ4v) is 1.88. The van der Waals surface area contributed by atoms with Gasteiger partial charge in [0.1, 0.15) is 17.5 Å². The lowest BCUT2D eigenvalue weighted by Crippen LogP contribution is -2.05. The molecule has 0 aliphatic rings. The maximum Gasteiger partial charge on any atom is 0.192 e. The molecule has 2 aromatic rings. The van der Waals surface area contributed by atoms with Gasteiger partial charge < -0.3 is 5.11 Å². The zero-order valence-corrected chi connectivity index (χ0v) is 10.2. The molecule has 0 atom stereocenters. The molecule has 18 heavy (non-hydrogen) atoms. The van der Waals surface area contributed by atoms with Crippen LogP contribution < -0.4 is 0 Å². The summed E-state index contributed by atoms with van der Waals surface area (Å²) in [5, 5.41) is 16.6. The number of nitrogens with zero attached hydrogens (tertiary/aromatic N) is 3. The summed E-state index contributed by atoms with van der Waals surface area (Å²) in [6.07, 6.45) is 0.912. The Bertz CT molecular complexity index is 559. The lowest BCUT2D eigenvalue weighted by atomic mass is 10.2. The van der Waals surface area contributed by atoms with Crippen LogP contribution in [-0.2, 0) is 6.42 Å². The van der Waals surface area contributed by atoms with Gasteiger partial charge in [0, 0.05) is 19.1 Å². The molecule has 2 rings (SSSR count). The van der Waals surface area contributed by atoms with E-state index in [1.54, 1.807) is 0 Å². The van der Waals surface area contributed by atoms with Gasteiger partial charge in [-0.2, -0.15) is 0 Å². The van der Waals surface area contributed by atoms with Crippen molar-refractivity contribution in [2.24, 2.45) is 0 Å². The average molecular weight is 271 g/mol. The van der Waals surface area contributed by atoms with E-state index >= 15 is 0 Å². The normalized spacial score (nSPS) is 10.9. The Balaban J connectivity index is 2.45. The third-order valence-electron chi connectivity index (χ3n) is 2.42. The van der Waals surface area contributed by atoms with E-state index in [1.165, 1.54) is 10.6 Å². The predicted molar refractivity (Wildman–Crippen MR) is 63.9 cm³/mol. The first-order valence-electron chi connectivity index (χ1n) is 5.33. The number of benzene rings is 1. The molecule has 1 heterocycles. The monoisotopic (exact) mass is 271 g/mol. The highest BCUT2D eigenvalue weighted by Gasteiger charge is 2.14. The number of hydrogen-bond donors (Lipinski definition) is 2. The quantitative estimate of drug-likeness (QED) is 0.833. The predicted octanol–water partition coefficient (Wildman–Crippen LogP) is 1.76. The molecule has 0 fully saturated rings. The van der Waals surface area contributed by atoms with E-state index in [0.29, 0.717) is 18.7 Å². The Hall–Kier alpha value is -1.47. The fraction of sp³-hybridized carbons (Fsp3) is 0.273. The molecule has 1 aromatic carbocycles. The molecule has 0 amide bonds. The number of thiol groups is 1. The van der Waals surface area contributed by atoms with Crippen LogP contribution in [0.5, 0.6) is 0 Å². The molecular weight excluding hydrogens is 260 g/mol. The summed E-state index contributed by atoms with van der Waals surface area (Å²) >= 11 is 4.09. The molecule has 0 saturated carbocycles. The van der Waals surface area contributed by atoms with E-state index in [-0.39, 0.29) is 17.5 Å². The second-order valence-corrected chi connectivity index (χ2v) is 4.07. The van der Waals surface area contributed by atoms with Crippen LogP contribution in [0.3, 0.4) is 0 Å². The van der Waals surface area contributed by atoms with Crippen LogP contribution >= 0.6 is 12.6 Å². The van der Waals surface area contributed by atoms with Crippen molar-refractivity contribution in [1.82, 2.24) is 14.8 Å². The topological polar surface area (TPSA) is 50.9 Å². The zero-order chi connectivity index (χ0) is 13.1. The van der Waals surface area contributed by atoms with Crippen molar-refractivity contribution in [1.29, 1.82) is 0 Å². The van der Waals surface area contributed by atoms with Crippen LogP contribution in [0.15, 0.2) is 23.4 Å². The minimum Gasteiger partial charge on any atom is -0.396 e. The highest BCUT2D eigenvalue weighted by atomic mass is 32.1. The molecule has 1 N–H and O–H groups in total. The number of halogens is 2. The largest absolute Gasteiger partial charge is 0.396 e. The molecule has 7 heteroatoms. The third-order valence-corrected chi connectivity index (χ3v) is 2.71. The van der Waals surface area contributed by atoms with Gasteiger partial charge in [-0.05, 0) is 18.6 Å². The second kappa shape index (κ2) is 5.45. The molecule has 0 saturated heterocycles. The van der Waals surface area contributed by atoms with Crippen LogP contribution in [-0.4, -0.2) is 26.5 Å². The highest BCUT2D eigenvalue weighted by Crippen LogP contribution is 2.20. The van der Waals surface area contributed by atoms with Crippen molar-refractivity contribution in [2.75, 3.05) is 6.61 Å². The maximum atomic E-state index is 13.7. The Kier molecular flexibility index (Phi) is 3.93. The van der Waals surface area contributed by atoms with Crippen LogP contribution in [0, 0.1) is 11.6 Å². The van der Waals surface area contributed by atoms with Crippen molar-refractivity contribution in [3.05, 3.63) is 35.7 Å². The zero-order valence-electron chi connectivity index (χ0n) is 9.35. The summed E-state index contributed by atoms with van der Waals surface area (Å²) < 4.78 is 28.0. The summed E-state index contributed by atoms with van der Waals surface area (Å²) in [6, 6.07) is 3.25. The van der Waals surface area contributed by atoms with Crippen molar-refractivity contribution in [3.8, 4) is 5.69 Å². The van der Waals surface area contributed by atoms with Gasteiger partial charge in [0.15, 0.2) is 5.16 Å². The molecule has 4 nitrogen and oxygen atoms in total. The summed E-state index contributed by atoms with van der Waals surface area (Å²) in [6.45, 7) is 0.000659. The second-order valence-electron chi connectivity index (χ2n) is 3.67. The summed E-state index contributed by atoms with van der Waals surface area (Å²) in [5.41, 5.74) is 0.138. The van der Waals surface area contributed by atoms with Gasteiger partial charge in [0.2, 0.25) is 0 Å². The molecular formula is C11H11F2N3OS. The van der Waals surface area contributed by atoms with Crippen LogP contribution in [0.4, 0.5) is 8.78 Å². The Morgan fingerprint density at radius 1 is 1.28 bits per heavy atom. The molecule has 0 unspecified atom stereocenters. The third kappa shape index (κ3) is 2.51. The highest BCUT2D eigenvalue weighted by molar-refractivity contribution is 7.80. The van der Waals surface area contributed by atoms with Crippen LogP contribution in [0.1, 0.15) is 12.2 Å². The van der Waals surface area contributed by atoms with Gasteiger partial charge in [-0.25, -0.2) is 8.78 Å². The van der Waals surface area contributed by atoms with E-state index in [4.69, 9.17) is 5.11 Å². The smallest absolute Gasteiger partial charge is 0.192 e. The van der Waals surface area contributed by atoms with Gasteiger partial charge in [-0.3, -0.25) is 4.57 Å². The van der Waals surface area contributed by atoms with Gasteiger partial charge in [-0.1, -0.05) is 0 Å². The molecule has 0 bridgehead atoms. The van der Waals surface area contributed by atoms with Crippen molar-refractivity contribution < 1.29 is 13.9 Å². The van der Waals surface area contributed by atoms with Gasteiger partial charge in [-0.15, -0.1) is 22.8 Å². The van der Waals surface area contributed by atoms with Gasteiger partial charge >= 0.3 is 0 Å². The van der Waals surface area contributed by atoms with Crippen LogP contribution in [0.25, 0.3) is 5.69 Å². The number of aliphatic hydroxyl groups is 1. The first-order chi connectivity index (χ1) is 8.63. The maximum absolute atomic E-state index is 13.7. The Morgan fingerprint density at radius 2 is 2.06 bits per heavy atom. The van der Waals surface area contributed by atoms with E-state index in [0.717, 1.165) is 12.1 Å². The van der Waals surface area contributed by atoms with Crippen LogP contribution in [0.2, 0.25) is 0 Å². The first kappa shape index (κ1) is 13.0. The standard InChI is InChI=1S/C11H11F2N3OS/c12-7-3-4-9(8(13)6-7)16-10(2-1-5-17)14-15-11(16)18/h3-4,6,17H,1-2,5H2,(H,15,18). The lowest BCUT2D eigenvalue weighted by molar-refractivity contribution is 0.287. The van der Waals surface area contributed by atoms with Crippen molar-refractivity contribution in [3.63, 3.8) is 0 Å². The van der Waals surface area contributed by atoms with Crippen molar-refractivity contribution >= 4 is 12.6 Å². The fourth-order valence-electron chi connectivity index (χ4n) is 1.62. The number of hydrogen-bond acceptors (Lipinski definition) is 4. The molecule has 0 aliphatic carbocycles. The SMILES string of the molecule is OCCCc1nnc(S)n1-c1ccc(F)cc1F. The number of aromatic nitrogens is 3. The number of aryl methyl sites for hydroxylation is 1. The molecule has 1 aromatic heterocycles. The molecule has 0 spiro atoms. The summed E-state index contributed by atoms with van der Waals surface area (Å²) in [4.78, 5) is 0. The summed E-state index contributed by atoms with van der Waals surface area (Å²) in [5.74, 6) is -0.892. The average Bonchev–Trinajstić information content (AvgIpc) is 2.68. The Morgan fingerprint density at radius 3 is 2.72 bits per heavy atom. The van der Waals surface area contributed by atoms with E-state index in [1.807, 2.05) is 0 Å². The van der Waals surface area contributed by atoms with E-state index in [9.17, 15) is 8.78 Å². The minimum atomic E-state index is -0.713.